The van der Waals surface area contributed by atoms with Crippen LogP contribution in [0.3, 0.4) is 0 Å². The largest absolute Gasteiger partial charge is 0.390 e. The molecule has 1 aliphatic rings. The first-order chi connectivity index (χ1) is 8.65. The molecule has 0 amide bonds. The number of likely N-dealkylation sites (tertiary alicyclic amines) is 1. The van der Waals surface area contributed by atoms with Gasteiger partial charge in [0.2, 0.25) is 0 Å². The van der Waals surface area contributed by atoms with Gasteiger partial charge in [0.05, 0.1) is 6.10 Å². The zero-order valence-electron chi connectivity index (χ0n) is 10.2. The third kappa shape index (κ3) is 4.07. The minimum Gasteiger partial charge on any atom is -0.390 e. The van der Waals surface area contributed by atoms with Crippen molar-refractivity contribution in [1.82, 2.24) is 4.90 Å². The van der Waals surface area contributed by atoms with Crippen molar-refractivity contribution >= 4 is 28.3 Å². The number of halogens is 2. The lowest BCUT2D eigenvalue weighted by Crippen LogP contribution is -2.34. The topological polar surface area (TPSA) is 35.5 Å². The summed E-state index contributed by atoms with van der Waals surface area (Å²) >= 11 is 2.09. The molecule has 1 atom stereocenters. The number of anilines is 1. The first-order valence-electron chi connectivity index (χ1n) is 6.24. The highest BCUT2D eigenvalue weighted by atomic mass is 127. The van der Waals surface area contributed by atoms with Crippen LogP contribution in [-0.4, -0.2) is 42.3 Å². The van der Waals surface area contributed by atoms with E-state index in [1.165, 1.54) is 25.0 Å². The summed E-state index contributed by atoms with van der Waals surface area (Å²) in [6.45, 7) is 3.39. The second kappa shape index (κ2) is 6.68. The predicted octanol–water partition coefficient (Wildman–Crippen LogP) is 2.30. The fraction of sp³-hybridized carbons (Fsp3) is 0.538. The van der Waals surface area contributed by atoms with Crippen molar-refractivity contribution in [2.24, 2.45) is 0 Å². The van der Waals surface area contributed by atoms with E-state index in [-0.39, 0.29) is 11.9 Å². The van der Waals surface area contributed by atoms with Gasteiger partial charge in [-0.2, -0.15) is 0 Å². The predicted molar refractivity (Wildman–Crippen MR) is 79.3 cm³/mol. The SMILES string of the molecule is OC(CNc1ccc(F)cc1I)CN1CCCC1. The van der Waals surface area contributed by atoms with Crippen LogP contribution in [0.25, 0.3) is 0 Å². The maximum atomic E-state index is 12.9. The molecule has 1 saturated heterocycles. The maximum Gasteiger partial charge on any atom is 0.124 e. The average molecular weight is 364 g/mol. The summed E-state index contributed by atoms with van der Waals surface area (Å²) in [5, 5.41) is 13.1. The molecule has 0 spiro atoms. The van der Waals surface area contributed by atoms with E-state index < -0.39 is 0 Å². The van der Waals surface area contributed by atoms with Crippen molar-refractivity contribution < 1.29 is 9.50 Å². The van der Waals surface area contributed by atoms with Gasteiger partial charge in [-0.1, -0.05) is 0 Å². The Bertz CT molecular complexity index is 397. The standard InChI is InChI=1S/C13H18FIN2O/c14-10-3-4-13(12(15)7-10)16-8-11(18)9-17-5-1-2-6-17/h3-4,7,11,16,18H,1-2,5-6,8-9H2. The molecule has 2 rings (SSSR count). The zero-order chi connectivity index (χ0) is 13.0. The maximum absolute atomic E-state index is 12.9. The quantitative estimate of drug-likeness (QED) is 0.788. The number of aliphatic hydroxyl groups excluding tert-OH is 1. The van der Waals surface area contributed by atoms with Gasteiger partial charge in [-0.15, -0.1) is 0 Å². The molecule has 1 unspecified atom stereocenters. The second-order valence-corrected chi connectivity index (χ2v) is 5.83. The van der Waals surface area contributed by atoms with Gasteiger partial charge in [-0.25, -0.2) is 4.39 Å². The monoisotopic (exact) mass is 364 g/mol. The number of nitrogens with zero attached hydrogens (tertiary/aromatic N) is 1. The van der Waals surface area contributed by atoms with E-state index in [1.807, 2.05) is 0 Å². The zero-order valence-corrected chi connectivity index (χ0v) is 12.4. The molecule has 0 bridgehead atoms. The molecular weight excluding hydrogens is 346 g/mol. The van der Waals surface area contributed by atoms with E-state index in [0.29, 0.717) is 13.1 Å². The highest BCUT2D eigenvalue weighted by molar-refractivity contribution is 14.1. The Morgan fingerprint density at radius 2 is 2.11 bits per heavy atom. The Morgan fingerprint density at radius 3 is 2.78 bits per heavy atom. The van der Waals surface area contributed by atoms with Crippen molar-refractivity contribution in [3.63, 3.8) is 0 Å². The summed E-state index contributed by atoms with van der Waals surface area (Å²) in [4.78, 5) is 2.28. The van der Waals surface area contributed by atoms with Gasteiger partial charge in [-0.05, 0) is 66.7 Å². The summed E-state index contributed by atoms with van der Waals surface area (Å²) in [6.07, 6.45) is 2.08. The molecule has 2 N–H and O–H groups in total. The Labute approximate surface area is 121 Å². The van der Waals surface area contributed by atoms with Gasteiger partial charge in [0.25, 0.3) is 0 Å². The van der Waals surface area contributed by atoms with Crippen molar-refractivity contribution in [3.05, 3.63) is 27.6 Å². The molecule has 0 saturated carbocycles. The minimum absolute atomic E-state index is 0.234. The first-order valence-corrected chi connectivity index (χ1v) is 7.32. The summed E-state index contributed by atoms with van der Waals surface area (Å²) in [5.41, 5.74) is 0.873. The summed E-state index contributed by atoms with van der Waals surface area (Å²) in [5.74, 6) is -0.234. The minimum atomic E-state index is -0.385. The summed E-state index contributed by atoms with van der Waals surface area (Å²) in [6, 6.07) is 4.62. The van der Waals surface area contributed by atoms with E-state index in [0.717, 1.165) is 22.3 Å². The Kier molecular flexibility index (Phi) is 5.20. The molecule has 1 aliphatic heterocycles. The van der Waals surface area contributed by atoms with Crippen molar-refractivity contribution in [2.45, 2.75) is 18.9 Å². The van der Waals surface area contributed by atoms with Crippen LogP contribution in [-0.2, 0) is 0 Å². The van der Waals surface area contributed by atoms with Crippen LogP contribution < -0.4 is 5.32 Å². The van der Waals surface area contributed by atoms with Gasteiger partial charge in [-0.3, -0.25) is 0 Å². The van der Waals surface area contributed by atoms with E-state index >= 15 is 0 Å². The lowest BCUT2D eigenvalue weighted by molar-refractivity contribution is 0.135. The molecule has 1 aromatic rings. The van der Waals surface area contributed by atoms with E-state index in [9.17, 15) is 9.50 Å². The van der Waals surface area contributed by atoms with Crippen LogP contribution in [0, 0.1) is 9.39 Å². The highest BCUT2D eigenvalue weighted by Gasteiger charge is 2.15. The van der Waals surface area contributed by atoms with Gasteiger partial charge in [0.15, 0.2) is 0 Å². The molecule has 5 heteroatoms. The molecule has 0 aliphatic carbocycles. The van der Waals surface area contributed by atoms with Crippen LogP contribution >= 0.6 is 22.6 Å². The van der Waals surface area contributed by atoms with Crippen LogP contribution in [0.2, 0.25) is 0 Å². The molecule has 100 valence electrons. The second-order valence-electron chi connectivity index (χ2n) is 4.67. The van der Waals surface area contributed by atoms with Crippen LogP contribution in [0.1, 0.15) is 12.8 Å². The highest BCUT2D eigenvalue weighted by Crippen LogP contribution is 2.19. The third-order valence-corrected chi connectivity index (χ3v) is 4.02. The molecule has 1 fully saturated rings. The molecule has 3 nitrogen and oxygen atoms in total. The summed E-state index contributed by atoms with van der Waals surface area (Å²) in [7, 11) is 0. The average Bonchev–Trinajstić information content (AvgIpc) is 2.80. The lowest BCUT2D eigenvalue weighted by Gasteiger charge is -2.20. The fourth-order valence-corrected chi connectivity index (χ4v) is 2.86. The van der Waals surface area contributed by atoms with Gasteiger partial charge >= 0.3 is 0 Å². The van der Waals surface area contributed by atoms with E-state index in [4.69, 9.17) is 0 Å². The summed E-state index contributed by atoms with van der Waals surface area (Å²) < 4.78 is 13.8. The first kappa shape index (κ1) is 14.0. The third-order valence-electron chi connectivity index (χ3n) is 3.13. The van der Waals surface area contributed by atoms with Gasteiger partial charge in [0.1, 0.15) is 5.82 Å². The number of rotatable bonds is 5. The molecule has 18 heavy (non-hydrogen) atoms. The van der Waals surface area contributed by atoms with Crippen molar-refractivity contribution in [2.75, 3.05) is 31.5 Å². The van der Waals surface area contributed by atoms with Gasteiger partial charge < -0.3 is 15.3 Å². The smallest absolute Gasteiger partial charge is 0.124 e. The van der Waals surface area contributed by atoms with Gasteiger partial charge in [0, 0.05) is 22.3 Å². The molecule has 1 aromatic carbocycles. The van der Waals surface area contributed by atoms with E-state index in [2.05, 4.69) is 32.8 Å². The Morgan fingerprint density at radius 1 is 1.39 bits per heavy atom. The normalized spacial score (nSPS) is 17.9. The lowest BCUT2D eigenvalue weighted by atomic mass is 10.3. The number of hydrogen-bond acceptors (Lipinski definition) is 3. The Hall–Kier alpha value is -0.400. The number of hydrogen-bond donors (Lipinski definition) is 2. The molecule has 1 heterocycles. The Balaban J connectivity index is 1.79. The molecular formula is C13H18FIN2O. The number of benzene rings is 1. The van der Waals surface area contributed by atoms with Crippen LogP contribution in [0.15, 0.2) is 18.2 Å². The number of nitrogens with one attached hydrogen (secondary N) is 1. The van der Waals surface area contributed by atoms with Crippen LogP contribution in [0.4, 0.5) is 10.1 Å². The fourth-order valence-electron chi connectivity index (χ4n) is 2.19. The van der Waals surface area contributed by atoms with E-state index in [1.54, 1.807) is 6.07 Å². The molecule has 0 radical (unpaired) electrons. The molecule has 0 aromatic heterocycles. The van der Waals surface area contributed by atoms with Crippen LogP contribution in [0.5, 0.6) is 0 Å². The van der Waals surface area contributed by atoms with Crippen molar-refractivity contribution in [1.29, 1.82) is 0 Å². The number of β-amino-alcohol motifs (C(OH)–C–C–N with tert-alkyl or cyclic N) is 1. The number of aliphatic hydroxyl groups is 1. The van der Waals surface area contributed by atoms with Crippen molar-refractivity contribution in [3.8, 4) is 0 Å².